The lowest BCUT2D eigenvalue weighted by atomic mass is 10.2. The molecule has 0 spiro atoms. The molecule has 4 rings (SSSR count). The van der Waals surface area contributed by atoms with E-state index in [0.29, 0.717) is 6.54 Å². The van der Waals surface area contributed by atoms with Gasteiger partial charge in [0.15, 0.2) is 0 Å². The number of rotatable bonds is 1. The molecule has 0 radical (unpaired) electrons. The molecule has 0 atom stereocenters. The fourth-order valence-electron chi connectivity index (χ4n) is 2.89. The highest BCUT2D eigenvalue weighted by molar-refractivity contribution is 7.12. The summed E-state index contributed by atoms with van der Waals surface area (Å²) in [6.07, 6.45) is 0. The predicted octanol–water partition coefficient (Wildman–Crippen LogP) is 3.36. The number of nitrogens with zero attached hydrogens (tertiary/aromatic N) is 2. The maximum absolute atomic E-state index is 12.4. The minimum absolute atomic E-state index is 0.150. The van der Waals surface area contributed by atoms with Gasteiger partial charge in [0.05, 0.1) is 11.4 Å². The van der Waals surface area contributed by atoms with Crippen molar-refractivity contribution in [2.45, 2.75) is 13.1 Å². The van der Waals surface area contributed by atoms with Crippen LogP contribution in [0.4, 0.5) is 0 Å². The van der Waals surface area contributed by atoms with Crippen molar-refractivity contribution in [3.63, 3.8) is 0 Å². The van der Waals surface area contributed by atoms with Crippen molar-refractivity contribution in [2.24, 2.45) is 0 Å². The van der Waals surface area contributed by atoms with Crippen molar-refractivity contribution in [2.75, 3.05) is 6.54 Å². The molecule has 3 nitrogen and oxygen atoms in total. The highest BCUT2D eigenvalue weighted by atomic mass is 32.1. The van der Waals surface area contributed by atoms with Gasteiger partial charge in [0, 0.05) is 24.3 Å². The standard InChI is InChI=1S/C16H14N2OS/c19-16(15-6-3-9-20-15)17-7-8-18-13(11-17)10-12-4-1-2-5-14(12)18/h1-6,9-10H,7-8,11H2. The monoisotopic (exact) mass is 282 g/mol. The van der Waals surface area contributed by atoms with Crippen molar-refractivity contribution >= 4 is 28.1 Å². The number of para-hydroxylation sites is 1. The number of carbonyl (C=O) groups excluding carboxylic acids is 1. The first-order valence-electron chi connectivity index (χ1n) is 6.73. The molecule has 1 aliphatic rings. The second-order valence-corrected chi connectivity index (χ2v) is 6.00. The zero-order chi connectivity index (χ0) is 13.5. The summed E-state index contributed by atoms with van der Waals surface area (Å²) >= 11 is 1.51. The maximum Gasteiger partial charge on any atom is 0.264 e. The first-order chi connectivity index (χ1) is 9.83. The Labute approximate surface area is 121 Å². The molecule has 1 aromatic carbocycles. The normalized spacial score (nSPS) is 14.5. The van der Waals surface area contributed by atoms with Gasteiger partial charge in [0.25, 0.3) is 5.91 Å². The smallest absolute Gasteiger partial charge is 0.264 e. The molecular weight excluding hydrogens is 268 g/mol. The molecule has 1 amide bonds. The van der Waals surface area contributed by atoms with E-state index in [9.17, 15) is 4.79 Å². The Morgan fingerprint density at radius 1 is 1.10 bits per heavy atom. The average molecular weight is 282 g/mol. The molecule has 0 saturated carbocycles. The lowest BCUT2D eigenvalue weighted by Gasteiger charge is -2.28. The molecule has 100 valence electrons. The summed E-state index contributed by atoms with van der Waals surface area (Å²) < 4.78 is 2.33. The first-order valence-corrected chi connectivity index (χ1v) is 7.61. The van der Waals surface area contributed by atoms with Crippen LogP contribution in [0.2, 0.25) is 0 Å². The molecule has 20 heavy (non-hydrogen) atoms. The van der Waals surface area contributed by atoms with E-state index in [0.717, 1.165) is 18.0 Å². The van der Waals surface area contributed by atoms with Gasteiger partial charge in [-0.05, 0) is 29.0 Å². The Kier molecular flexibility index (Phi) is 2.63. The highest BCUT2D eigenvalue weighted by Gasteiger charge is 2.23. The van der Waals surface area contributed by atoms with Crippen molar-refractivity contribution in [3.05, 3.63) is 58.4 Å². The van der Waals surface area contributed by atoms with Crippen LogP contribution in [0.1, 0.15) is 15.4 Å². The van der Waals surface area contributed by atoms with E-state index in [1.54, 1.807) is 0 Å². The van der Waals surface area contributed by atoms with E-state index in [1.807, 2.05) is 22.4 Å². The van der Waals surface area contributed by atoms with E-state index in [2.05, 4.69) is 34.9 Å². The van der Waals surface area contributed by atoms with Crippen LogP contribution in [0.25, 0.3) is 10.9 Å². The molecule has 0 bridgehead atoms. The Bertz CT molecular complexity index is 773. The van der Waals surface area contributed by atoms with Gasteiger partial charge >= 0.3 is 0 Å². The Hall–Kier alpha value is -2.07. The van der Waals surface area contributed by atoms with Gasteiger partial charge in [0.1, 0.15) is 0 Å². The van der Waals surface area contributed by atoms with Crippen LogP contribution in [-0.2, 0) is 13.1 Å². The third kappa shape index (κ3) is 1.76. The summed E-state index contributed by atoms with van der Waals surface area (Å²) in [4.78, 5) is 15.2. The van der Waals surface area contributed by atoms with E-state index < -0.39 is 0 Å². The second kappa shape index (κ2) is 4.49. The van der Waals surface area contributed by atoms with Gasteiger partial charge in [-0.15, -0.1) is 11.3 Å². The first kappa shape index (κ1) is 11.7. The number of aromatic nitrogens is 1. The Morgan fingerprint density at radius 3 is 2.85 bits per heavy atom. The molecule has 2 aromatic heterocycles. The highest BCUT2D eigenvalue weighted by Crippen LogP contribution is 2.25. The van der Waals surface area contributed by atoms with Crippen molar-refractivity contribution in [3.8, 4) is 0 Å². The number of amides is 1. The summed E-state index contributed by atoms with van der Waals surface area (Å²) in [5.74, 6) is 0.150. The van der Waals surface area contributed by atoms with Crippen LogP contribution in [0.15, 0.2) is 47.8 Å². The van der Waals surface area contributed by atoms with Gasteiger partial charge in [-0.1, -0.05) is 24.3 Å². The predicted molar refractivity (Wildman–Crippen MR) is 81.0 cm³/mol. The minimum Gasteiger partial charge on any atom is -0.341 e. The van der Waals surface area contributed by atoms with Crippen LogP contribution in [0, 0.1) is 0 Å². The SMILES string of the molecule is O=C(c1cccs1)N1CCn2c(cc3ccccc32)C1. The Balaban J connectivity index is 1.68. The van der Waals surface area contributed by atoms with Crippen molar-refractivity contribution < 1.29 is 4.79 Å². The lowest BCUT2D eigenvalue weighted by molar-refractivity contribution is 0.0717. The molecule has 3 aromatic rings. The molecule has 0 saturated heterocycles. The molecule has 1 aliphatic heterocycles. The quantitative estimate of drug-likeness (QED) is 0.672. The van der Waals surface area contributed by atoms with E-state index in [4.69, 9.17) is 0 Å². The molecule has 4 heteroatoms. The van der Waals surface area contributed by atoms with E-state index >= 15 is 0 Å². The fourth-order valence-corrected chi connectivity index (χ4v) is 3.58. The van der Waals surface area contributed by atoms with Crippen LogP contribution in [0.5, 0.6) is 0 Å². The van der Waals surface area contributed by atoms with Crippen LogP contribution >= 0.6 is 11.3 Å². The number of hydrogen-bond acceptors (Lipinski definition) is 2. The van der Waals surface area contributed by atoms with E-state index in [1.165, 1.54) is 27.9 Å². The largest absolute Gasteiger partial charge is 0.341 e. The molecule has 0 N–H and O–H groups in total. The summed E-state index contributed by atoms with van der Waals surface area (Å²) in [6, 6.07) is 14.4. The summed E-state index contributed by atoms with van der Waals surface area (Å²) in [5, 5.41) is 3.21. The van der Waals surface area contributed by atoms with Gasteiger partial charge in [-0.2, -0.15) is 0 Å². The Morgan fingerprint density at radius 2 is 2.00 bits per heavy atom. The van der Waals surface area contributed by atoms with Crippen LogP contribution < -0.4 is 0 Å². The fraction of sp³-hybridized carbons (Fsp3) is 0.188. The number of thiophene rings is 1. The maximum atomic E-state index is 12.4. The third-order valence-electron chi connectivity index (χ3n) is 3.86. The number of benzene rings is 1. The summed E-state index contributed by atoms with van der Waals surface area (Å²) in [6.45, 7) is 2.35. The molecule has 0 aliphatic carbocycles. The minimum atomic E-state index is 0.150. The van der Waals surface area contributed by atoms with Gasteiger partial charge in [-0.3, -0.25) is 4.79 Å². The average Bonchev–Trinajstić information content (AvgIpc) is 3.13. The molecule has 0 fully saturated rings. The number of fused-ring (bicyclic) bond motifs is 3. The zero-order valence-corrected chi connectivity index (χ0v) is 11.8. The van der Waals surface area contributed by atoms with E-state index in [-0.39, 0.29) is 5.91 Å². The number of hydrogen-bond donors (Lipinski definition) is 0. The third-order valence-corrected chi connectivity index (χ3v) is 4.72. The molecular formula is C16H14N2OS. The van der Waals surface area contributed by atoms with Crippen molar-refractivity contribution in [1.82, 2.24) is 9.47 Å². The van der Waals surface area contributed by atoms with Gasteiger partial charge in [-0.25, -0.2) is 0 Å². The molecule has 0 unspecified atom stereocenters. The van der Waals surface area contributed by atoms with Crippen molar-refractivity contribution in [1.29, 1.82) is 0 Å². The summed E-state index contributed by atoms with van der Waals surface area (Å²) in [5.41, 5.74) is 2.49. The van der Waals surface area contributed by atoms with Gasteiger partial charge in [0.2, 0.25) is 0 Å². The van der Waals surface area contributed by atoms with Crippen LogP contribution in [0.3, 0.4) is 0 Å². The molecule has 3 heterocycles. The lowest BCUT2D eigenvalue weighted by Crippen LogP contribution is -2.37. The zero-order valence-electron chi connectivity index (χ0n) is 11.0. The van der Waals surface area contributed by atoms with Gasteiger partial charge < -0.3 is 9.47 Å². The van der Waals surface area contributed by atoms with Crippen LogP contribution in [-0.4, -0.2) is 21.9 Å². The summed E-state index contributed by atoms with van der Waals surface area (Å²) in [7, 11) is 0. The topological polar surface area (TPSA) is 25.2 Å². The number of carbonyl (C=O) groups is 1. The second-order valence-electron chi connectivity index (χ2n) is 5.05.